The number of rotatable bonds is 4. The van der Waals surface area contributed by atoms with Gasteiger partial charge in [0.2, 0.25) is 0 Å². The molecule has 206 valence electrons. The topological polar surface area (TPSA) is 8.17 Å². The molecule has 0 aliphatic carbocycles. The molecule has 0 amide bonds. The molecule has 44 heavy (non-hydrogen) atoms. The van der Waals surface area contributed by atoms with Gasteiger partial charge in [0.25, 0.3) is 0 Å². The second-order valence-corrected chi connectivity index (χ2v) is 11.5. The van der Waals surface area contributed by atoms with Crippen molar-refractivity contribution >= 4 is 71.2 Å². The molecular weight excluding hydrogens is 532 g/mol. The third kappa shape index (κ3) is 3.89. The molecule has 9 aromatic rings. The van der Waals surface area contributed by atoms with Gasteiger partial charge in [-0.3, -0.25) is 0 Å². The van der Waals surface area contributed by atoms with Crippen LogP contribution in [0.25, 0.3) is 59.8 Å². The van der Waals surface area contributed by atoms with Gasteiger partial charge in [-0.15, -0.1) is 0 Å². The molecule has 0 saturated carbocycles. The second-order valence-electron chi connectivity index (χ2n) is 11.5. The van der Waals surface area contributed by atoms with Crippen LogP contribution in [0.4, 0.5) is 17.1 Å². The van der Waals surface area contributed by atoms with E-state index in [-0.39, 0.29) is 0 Å². The van der Waals surface area contributed by atoms with Crippen LogP contribution in [-0.2, 0) is 0 Å². The molecule has 0 spiro atoms. The van der Waals surface area contributed by atoms with Crippen LogP contribution >= 0.6 is 0 Å². The summed E-state index contributed by atoms with van der Waals surface area (Å²) in [6, 6.07) is 61.6. The summed E-state index contributed by atoms with van der Waals surface area (Å²) in [5.74, 6) is 0. The van der Waals surface area contributed by atoms with Crippen LogP contribution in [0.5, 0.6) is 0 Å². The smallest absolute Gasteiger partial charge is 0.0619 e. The molecule has 0 atom stereocenters. The first kappa shape index (κ1) is 24.7. The minimum absolute atomic E-state index is 1.12. The van der Waals surface area contributed by atoms with E-state index in [0.29, 0.717) is 0 Å². The van der Waals surface area contributed by atoms with Crippen molar-refractivity contribution in [2.75, 3.05) is 4.90 Å². The number of fused-ring (bicyclic) bond motifs is 7. The Morgan fingerprint density at radius 2 is 0.841 bits per heavy atom. The number of aromatic nitrogens is 1. The third-order valence-electron chi connectivity index (χ3n) is 8.89. The first-order valence-corrected chi connectivity index (χ1v) is 15.1. The van der Waals surface area contributed by atoms with E-state index in [1.54, 1.807) is 0 Å². The van der Waals surface area contributed by atoms with E-state index in [9.17, 15) is 0 Å². The van der Waals surface area contributed by atoms with Gasteiger partial charge in [0, 0.05) is 38.9 Å². The highest BCUT2D eigenvalue weighted by molar-refractivity contribution is 6.19. The largest absolute Gasteiger partial charge is 0.310 e. The third-order valence-corrected chi connectivity index (χ3v) is 8.89. The first-order chi connectivity index (χ1) is 21.8. The molecule has 0 fully saturated rings. The molecule has 0 saturated heterocycles. The highest BCUT2D eigenvalue weighted by Crippen LogP contribution is 2.42. The van der Waals surface area contributed by atoms with E-state index < -0.39 is 0 Å². The minimum atomic E-state index is 1.12. The van der Waals surface area contributed by atoms with Gasteiger partial charge < -0.3 is 9.47 Å². The second kappa shape index (κ2) is 9.86. The summed E-state index contributed by atoms with van der Waals surface area (Å²) in [6.07, 6.45) is 0. The van der Waals surface area contributed by atoms with E-state index in [4.69, 9.17) is 0 Å². The molecule has 1 heterocycles. The molecule has 0 aliphatic rings. The number of anilines is 3. The average molecular weight is 561 g/mol. The Bertz CT molecular complexity index is 2430. The zero-order valence-electron chi connectivity index (χ0n) is 24.1. The van der Waals surface area contributed by atoms with Crippen molar-refractivity contribution in [2.45, 2.75) is 0 Å². The molecule has 0 radical (unpaired) electrons. The number of nitrogens with zero attached hydrogens (tertiary/aromatic N) is 2. The Labute approximate surface area is 255 Å². The van der Waals surface area contributed by atoms with Gasteiger partial charge in [-0.05, 0) is 75.5 Å². The fraction of sp³-hybridized carbons (Fsp3) is 0. The summed E-state index contributed by atoms with van der Waals surface area (Å²) >= 11 is 0. The average Bonchev–Trinajstić information content (AvgIpc) is 3.43. The lowest BCUT2D eigenvalue weighted by Gasteiger charge is -2.26. The quantitative estimate of drug-likeness (QED) is 0.208. The number of benzene rings is 8. The summed E-state index contributed by atoms with van der Waals surface area (Å²) in [6.45, 7) is 0. The Morgan fingerprint density at radius 1 is 0.341 bits per heavy atom. The summed E-state index contributed by atoms with van der Waals surface area (Å²) in [5.41, 5.74) is 6.96. The van der Waals surface area contributed by atoms with E-state index >= 15 is 0 Å². The molecular formula is C42H28N2. The highest BCUT2D eigenvalue weighted by Gasteiger charge is 2.19. The molecule has 0 N–H and O–H groups in total. The van der Waals surface area contributed by atoms with Crippen LogP contribution in [0, 0.1) is 0 Å². The summed E-state index contributed by atoms with van der Waals surface area (Å²) in [5, 5.41) is 9.93. The van der Waals surface area contributed by atoms with Gasteiger partial charge >= 0.3 is 0 Å². The molecule has 0 bridgehead atoms. The maximum atomic E-state index is 2.44. The van der Waals surface area contributed by atoms with Crippen molar-refractivity contribution in [2.24, 2.45) is 0 Å². The zero-order chi connectivity index (χ0) is 29.0. The van der Waals surface area contributed by atoms with E-state index in [0.717, 1.165) is 22.7 Å². The lowest BCUT2D eigenvalue weighted by Crippen LogP contribution is -2.10. The first-order valence-electron chi connectivity index (χ1n) is 15.1. The van der Waals surface area contributed by atoms with E-state index in [1.807, 2.05) is 0 Å². The molecule has 2 nitrogen and oxygen atoms in total. The van der Waals surface area contributed by atoms with Crippen molar-refractivity contribution in [1.82, 2.24) is 4.57 Å². The van der Waals surface area contributed by atoms with Crippen LogP contribution in [0.15, 0.2) is 170 Å². The summed E-state index contributed by atoms with van der Waals surface area (Å²) < 4.78 is 2.44. The SMILES string of the molecule is c1ccc(-n2c3cc(N(c4ccc5ccccc5c4)c4ccc5ccccc5c4)ccc3c3ccc4ccccc4c32)cc1. The number of hydrogen-bond donors (Lipinski definition) is 0. The van der Waals surface area contributed by atoms with Gasteiger partial charge in [0.1, 0.15) is 0 Å². The fourth-order valence-electron chi connectivity index (χ4n) is 6.83. The predicted molar refractivity (Wildman–Crippen MR) is 188 cm³/mol. The molecule has 0 unspecified atom stereocenters. The van der Waals surface area contributed by atoms with Crippen LogP contribution in [0.3, 0.4) is 0 Å². The molecule has 0 aliphatic heterocycles. The highest BCUT2D eigenvalue weighted by atomic mass is 15.1. The fourth-order valence-corrected chi connectivity index (χ4v) is 6.83. The van der Waals surface area contributed by atoms with Gasteiger partial charge in [-0.2, -0.15) is 0 Å². The molecule has 1 aromatic heterocycles. The van der Waals surface area contributed by atoms with E-state index in [1.165, 1.54) is 54.1 Å². The van der Waals surface area contributed by atoms with Crippen molar-refractivity contribution in [3.63, 3.8) is 0 Å². The lowest BCUT2D eigenvalue weighted by atomic mass is 10.0. The van der Waals surface area contributed by atoms with Crippen LogP contribution in [-0.4, -0.2) is 4.57 Å². The van der Waals surface area contributed by atoms with Crippen molar-refractivity contribution in [1.29, 1.82) is 0 Å². The van der Waals surface area contributed by atoms with Crippen molar-refractivity contribution in [3.05, 3.63) is 170 Å². The Hall–Kier alpha value is -5.86. The van der Waals surface area contributed by atoms with Crippen LogP contribution in [0.2, 0.25) is 0 Å². The van der Waals surface area contributed by atoms with Gasteiger partial charge in [0.05, 0.1) is 11.0 Å². The zero-order valence-corrected chi connectivity index (χ0v) is 24.1. The van der Waals surface area contributed by atoms with Crippen molar-refractivity contribution < 1.29 is 0 Å². The summed E-state index contributed by atoms with van der Waals surface area (Å²) in [7, 11) is 0. The van der Waals surface area contributed by atoms with Gasteiger partial charge in [-0.1, -0.05) is 121 Å². The Morgan fingerprint density at radius 3 is 1.52 bits per heavy atom. The van der Waals surface area contributed by atoms with Crippen LogP contribution < -0.4 is 4.90 Å². The lowest BCUT2D eigenvalue weighted by molar-refractivity contribution is 1.18. The summed E-state index contributed by atoms with van der Waals surface area (Å²) in [4.78, 5) is 2.39. The maximum absolute atomic E-state index is 2.44. The number of hydrogen-bond acceptors (Lipinski definition) is 1. The number of para-hydroxylation sites is 1. The molecule has 2 heteroatoms. The maximum Gasteiger partial charge on any atom is 0.0619 e. The normalized spacial score (nSPS) is 11.6. The molecule has 9 rings (SSSR count). The van der Waals surface area contributed by atoms with Gasteiger partial charge in [-0.25, -0.2) is 0 Å². The van der Waals surface area contributed by atoms with Crippen molar-refractivity contribution in [3.8, 4) is 5.69 Å². The molecule has 8 aromatic carbocycles. The van der Waals surface area contributed by atoms with E-state index in [2.05, 4.69) is 179 Å². The monoisotopic (exact) mass is 560 g/mol. The Balaban J connectivity index is 1.35. The predicted octanol–water partition coefficient (Wildman–Crippen LogP) is 11.7. The standard InChI is InChI=1S/C42H28N2/c1-2-15-34(16-3-1)44-41-28-37(23-25-39(41)40-24-20-31-12-8-9-17-38(31)42(40)44)43(35-21-18-29-10-4-6-13-32(29)26-35)36-22-19-30-11-5-7-14-33(30)27-36/h1-28H. The Kier molecular flexibility index (Phi) is 5.54. The van der Waals surface area contributed by atoms with Crippen LogP contribution in [0.1, 0.15) is 0 Å². The minimum Gasteiger partial charge on any atom is -0.310 e. The van der Waals surface area contributed by atoms with Gasteiger partial charge in [0.15, 0.2) is 0 Å².